The lowest BCUT2D eigenvalue weighted by Gasteiger charge is -2.02. The minimum atomic E-state index is -0.753. The van der Waals surface area contributed by atoms with E-state index in [2.05, 4.69) is 0 Å². The summed E-state index contributed by atoms with van der Waals surface area (Å²) in [6.07, 6.45) is 2.19. The number of hydrogen-bond acceptors (Lipinski definition) is 3. The van der Waals surface area contributed by atoms with Gasteiger partial charge in [0.25, 0.3) is 0 Å². The predicted octanol–water partition coefficient (Wildman–Crippen LogP) is 1.82. The number of hydrogen-bond donors (Lipinski definition) is 0. The van der Waals surface area contributed by atoms with Crippen molar-refractivity contribution in [2.24, 2.45) is 0 Å². The first-order valence-electron chi connectivity index (χ1n) is 4.11. The molecule has 0 saturated heterocycles. The second-order valence-corrected chi connectivity index (χ2v) is 3.18. The van der Waals surface area contributed by atoms with Crippen LogP contribution in [0.2, 0.25) is 5.02 Å². The molecule has 0 spiro atoms. The Morgan fingerprint density at radius 1 is 1.64 bits per heavy atom. The Morgan fingerprint density at radius 2 is 2.29 bits per heavy atom. The van der Waals surface area contributed by atoms with E-state index in [4.69, 9.17) is 11.6 Å². The molecule has 0 radical (unpaired) electrons. The zero-order chi connectivity index (χ0) is 10.7. The molecule has 0 atom stereocenters. The summed E-state index contributed by atoms with van der Waals surface area (Å²) < 4.78 is 1.28. The monoisotopic (exact) mass is 216 g/mol. The Hall–Kier alpha value is -1.36. The normalized spacial score (nSPS) is 10.1. The Bertz CT molecular complexity index is 414. The zero-order valence-corrected chi connectivity index (χ0v) is 8.32. The minimum Gasteiger partial charge on any atom is -0.310 e. The molecular formula is C8H9ClN2O3. The summed E-state index contributed by atoms with van der Waals surface area (Å²) in [5, 5.41) is 10.4. The predicted molar refractivity (Wildman–Crippen MR) is 52.7 cm³/mol. The molecular weight excluding hydrogens is 208 g/mol. The molecule has 0 aliphatic carbocycles. The van der Waals surface area contributed by atoms with E-state index in [1.54, 1.807) is 0 Å². The van der Waals surface area contributed by atoms with E-state index in [0.717, 1.165) is 6.42 Å². The molecule has 0 fully saturated rings. The third-order valence-electron chi connectivity index (χ3n) is 1.74. The molecule has 1 rings (SSSR count). The van der Waals surface area contributed by atoms with E-state index < -0.39 is 16.2 Å². The van der Waals surface area contributed by atoms with Gasteiger partial charge in [0.15, 0.2) is 0 Å². The van der Waals surface area contributed by atoms with Crippen LogP contribution in [0.25, 0.3) is 0 Å². The molecule has 0 bridgehead atoms. The molecule has 0 amide bonds. The van der Waals surface area contributed by atoms with Crippen LogP contribution in [0.1, 0.15) is 13.3 Å². The molecule has 1 aromatic rings. The van der Waals surface area contributed by atoms with Crippen LogP contribution < -0.4 is 5.56 Å². The standard InChI is InChI=1S/C8H9ClN2O3/c1-2-4-10-5-3-6(9)7(8(10)12)11(13)14/h3,5H,2,4H2,1H3. The third kappa shape index (κ3) is 1.93. The van der Waals surface area contributed by atoms with Gasteiger partial charge in [-0.05, 0) is 12.5 Å². The summed E-state index contributed by atoms with van der Waals surface area (Å²) in [6.45, 7) is 2.34. The highest BCUT2D eigenvalue weighted by molar-refractivity contribution is 6.32. The maximum Gasteiger partial charge on any atom is 0.352 e. The van der Waals surface area contributed by atoms with Crippen LogP contribution in [-0.4, -0.2) is 9.49 Å². The fourth-order valence-electron chi connectivity index (χ4n) is 1.12. The average molecular weight is 217 g/mol. The van der Waals surface area contributed by atoms with Gasteiger partial charge < -0.3 is 4.57 Å². The highest BCUT2D eigenvalue weighted by Gasteiger charge is 2.19. The molecule has 0 aromatic carbocycles. The van der Waals surface area contributed by atoms with Gasteiger partial charge >= 0.3 is 11.2 Å². The molecule has 1 aromatic heterocycles. The van der Waals surface area contributed by atoms with Crippen LogP contribution in [0.5, 0.6) is 0 Å². The maximum absolute atomic E-state index is 11.5. The SMILES string of the molecule is CCCn1ccc(Cl)c([N+](=O)[O-])c1=O. The molecule has 14 heavy (non-hydrogen) atoms. The minimum absolute atomic E-state index is 0.118. The number of nitro groups is 1. The number of nitrogens with zero attached hydrogens (tertiary/aromatic N) is 2. The quantitative estimate of drug-likeness (QED) is 0.572. The third-order valence-corrected chi connectivity index (χ3v) is 2.04. The van der Waals surface area contributed by atoms with Gasteiger partial charge in [0.2, 0.25) is 0 Å². The van der Waals surface area contributed by atoms with E-state index >= 15 is 0 Å². The number of pyridine rings is 1. The maximum atomic E-state index is 11.5. The number of aryl methyl sites for hydroxylation is 1. The van der Waals surface area contributed by atoms with Crippen LogP contribution in [0.4, 0.5) is 5.69 Å². The lowest BCUT2D eigenvalue weighted by atomic mass is 10.4. The van der Waals surface area contributed by atoms with Gasteiger partial charge in [-0.15, -0.1) is 0 Å². The van der Waals surface area contributed by atoms with Gasteiger partial charge in [-0.1, -0.05) is 18.5 Å². The van der Waals surface area contributed by atoms with Crippen molar-refractivity contribution >= 4 is 17.3 Å². The first-order chi connectivity index (χ1) is 6.57. The molecule has 0 aliphatic heterocycles. The lowest BCUT2D eigenvalue weighted by molar-refractivity contribution is -0.386. The van der Waals surface area contributed by atoms with Gasteiger partial charge in [-0.3, -0.25) is 14.9 Å². The second kappa shape index (κ2) is 4.23. The Balaban J connectivity index is 3.34. The molecule has 1 heterocycles. The summed E-state index contributed by atoms with van der Waals surface area (Å²) in [5.74, 6) is 0. The average Bonchev–Trinajstić information content (AvgIpc) is 2.10. The molecule has 0 N–H and O–H groups in total. The van der Waals surface area contributed by atoms with Crippen molar-refractivity contribution in [3.63, 3.8) is 0 Å². The smallest absolute Gasteiger partial charge is 0.310 e. The van der Waals surface area contributed by atoms with E-state index in [-0.39, 0.29) is 5.02 Å². The van der Waals surface area contributed by atoms with Gasteiger partial charge in [-0.25, -0.2) is 0 Å². The van der Waals surface area contributed by atoms with Gasteiger partial charge in [0, 0.05) is 12.7 Å². The Kier molecular flexibility index (Phi) is 3.24. The van der Waals surface area contributed by atoms with Crippen molar-refractivity contribution < 1.29 is 4.92 Å². The molecule has 76 valence electrons. The largest absolute Gasteiger partial charge is 0.352 e. The van der Waals surface area contributed by atoms with E-state index in [9.17, 15) is 14.9 Å². The van der Waals surface area contributed by atoms with Crippen molar-refractivity contribution in [3.05, 3.63) is 37.8 Å². The number of rotatable bonds is 3. The van der Waals surface area contributed by atoms with Gasteiger partial charge in [-0.2, -0.15) is 0 Å². The van der Waals surface area contributed by atoms with Crippen LogP contribution in [0.15, 0.2) is 17.1 Å². The summed E-state index contributed by atoms with van der Waals surface area (Å²) in [7, 11) is 0. The summed E-state index contributed by atoms with van der Waals surface area (Å²) in [4.78, 5) is 21.2. The van der Waals surface area contributed by atoms with Crippen LogP contribution in [-0.2, 0) is 6.54 Å². The van der Waals surface area contributed by atoms with Crippen LogP contribution in [0.3, 0.4) is 0 Å². The first-order valence-corrected chi connectivity index (χ1v) is 4.49. The molecule has 0 aliphatic rings. The van der Waals surface area contributed by atoms with Crippen molar-refractivity contribution in [2.45, 2.75) is 19.9 Å². The van der Waals surface area contributed by atoms with E-state index in [1.807, 2.05) is 6.92 Å². The number of aromatic nitrogens is 1. The van der Waals surface area contributed by atoms with Crippen LogP contribution >= 0.6 is 11.6 Å². The zero-order valence-electron chi connectivity index (χ0n) is 7.57. The van der Waals surface area contributed by atoms with Crippen molar-refractivity contribution in [2.75, 3.05) is 0 Å². The fraction of sp³-hybridized carbons (Fsp3) is 0.375. The number of halogens is 1. The Morgan fingerprint density at radius 3 is 2.79 bits per heavy atom. The summed E-state index contributed by atoms with van der Waals surface area (Å²) in [5.41, 5.74) is -1.20. The summed E-state index contributed by atoms with van der Waals surface area (Å²) >= 11 is 5.54. The fourth-order valence-corrected chi connectivity index (χ4v) is 1.33. The van der Waals surface area contributed by atoms with Crippen molar-refractivity contribution in [1.82, 2.24) is 4.57 Å². The molecule has 5 nitrogen and oxygen atoms in total. The second-order valence-electron chi connectivity index (χ2n) is 2.77. The van der Waals surface area contributed by atoms with Gasteiger partial charge in [0.1, 0.15) is 5.02 Å². The first kappa shape index (κ1) is 10.7. The summed E-state index contributed by atoms with van der Waals surface area (Å²) in [6, 6.07) is 1.36. The topological polar surface area (TPSA) is 65.1 Å². The van der Waals surface area contributed by atoms with Crippen molar-refractivity contribution in [3.8, 4) is 0 Å². The lowest BCUT2D eigenvalue weighted by Crippen LogP contribution is -2.22. The molecule has 6 heteroatoms. The molecule has 0 unspecified atom stereocenters. The van der Waals surface area contributed by atoms with E-state index in [1.165, 1.54) is 16.8 Å². The highest BCUT2D eigenvalue weighted by atomic mass is 35.5. The Labute approximate surface area is 85.1 Å². The van der Waals surface area contributed by atoms with Gasteiger partial charge in [0.05, 0.1) is 4.92 Å². The van der Waals surface area contributed by atoms with Crippen molar-refractivity contribution in [1.29, 1.82) is 0 Å². The molecule has 0 saturated carbocycles. The highest BCUT2D eigenvalue weighted by Crippen LogP contribution is 2.18. The van der Waals surface area contributed by atoms with E-state index in [0.29, 0.717) is 6.54 Å². The van der Waals surface area contributed by atoms with Crippen LogP contribution in [0, 0.1) is 10.1 Å².